The normalized spacial score (nSPS) is 11.3. The van der Waals surface area contributed by atoms with Gasteiger partial charge in [-0.25, -0.2) is 0 Å². The summed E-state index contributed by atoms with van der Waals surface area (Å²) in [5.41, 5.74) is 9.55. The van der Waals surface area contributed by atoms with Gasteiger partial charge in [-0.3, -0.25) is 19.6 Å². The van der Waals surface area contributed by atoms with Crippen LogP contribution in [0, 0.1) is 13.8 Å². The molecule has 2 aromatic heterocycles. The van der Waals surface area contributed by atoms with Crippen molar-refractivity contribution >= 4 is 91.9 Å². The van der Waals surface area contributed by atoms with Crippen LogP contribution in [0.5, 0.6) is 0 Å². The number of halogens is 4. The molecular formula is C50H34Cl4N2O2. The number of carbonyl (C=O) groups is 2. The van der Waals surface area contributed by atoms with Gasteiger partial charge in [0, 0.05) is 53.4 Å². The van der Waals surface area contributed by atoms with Crippen LogP contribution in [-0.4, -0.2) is 21.5 Å². The van der Waals surface area contributed by atoms with E-state index in [0.29, 0.717) is 42.6 Å². The summed E-state index contributed by atoms with van der Waals surface area (Å²) in [4.78, 5) is 35.8. The minimum atomic E-state index is -0.106. The predicted octanol–water partition coefficient (Wildman–Crippen LogP) is 14.8. The highest BCUT2D eigenvalue weighted by Gasteiger charge is 2.21. The van der Waals surface area contributed by atoms with Crippen LogP contribution in [0.3, 0.4) is 0 Å². The zero-order valence-corrected chi connectivity index (χ0v) is 34.4. The first-order chi connectivity index (χ1) is 28.0. The van der Waals surface area contributed by atoms with E-state index in [-0.39, 0.29) is 11.6 Å². The van der Waals surface area contributed by atoms with Crippen LogP contribution in [0.2, 0.25) is 20.1 Å². The molecule has 0 unspecified atom stereocenters. The van der Waals surface area contributed by atoms with Crippen LogP contribution in [0.4, 0.5) is 0 Å². The largest absolute Gasteiger partial charge is 0.289 e. The SMILES string of the molecule is Cc1nc2ccc(Cl)cc2c(-c2ccccc2)c1C(=O)/C=C/c1ccc(Cl)cc1.Cc1nc2ccc(Cl)cc2c(-c2ccccc2)c1C(=O)/C=C/c1ccc(Cl)cc1. The number of allylic oxidation sites excluding steroid dienone is 2. The fraction of sp³-hybridized carbons (Fsp3) is 0.0400. The minimum absolute atomic E-state index is 0.106. The molecule has 0 aliphatic heterocycles. The van der Waals surface area contributed by atoms with E-state index in [0.717, 1.165) is 55.2 Å². The molecule has 0 aliphatic carbocycles. The molecule has 8 rings (SSSR count). The fourth-order valence-electron chi connectivity index (χ4n) is 6.79. The topological polar surface area (TPSA) is 59.9 Å². The van der Waals surface area contributed by atoms with Crippen LogP contribution in [0.25, 0.3) is 56.2 Å². The van der Waals surface area contributed by atoms with E-state index in [4.69, 9.17) is 46.4 Å². The van der Waals surface area contributed by atoms with Crippen LogP contribution >= 0.6 is 46.4 Å². The number of hydrogen-bond donors (Lipinski definition) is 0. The highest BCUT2D eigenvalue weighted by molar-refractivity contribution is 6.32. The summed E-state index contributed by atoms with van der Waals surface area (Å²) in [5.74, 6) is -0.212. The Morgan fingerprint density at radius 2 is 0.793 bits per heavy atom. The predicted molar refractivity (Wildman–Crippen MR) is 243 cm³/mol. The first-order valence-corrected chi connectivity index (χ1v) is 19.8. The Balaban J connectivity index is 0.000000177. The maximum atomic E-state index is 13.2. The van der Waals surface area contributed by atoms with Gasteiger partial charge >= 0.3 is 0 Å². The van der Waals surface area contributed by atoms with Crippen molar-refractivity contribution in [3.8, 4) is 22.3 Å². The summed E-state index contributed by atoms with van der Waals surface area (Å²) in [7, 11) is 0. The summed E-state index contributed by atoms with van der Waals surface area (Å²) in [5, 5.41) is 4.25. The number of aryl methyl sites for hydroxylation is 2. The number of ketones is 2. The molecule has 284 valence electrons. The van der Waals surface area contributed by atoms with Crippen molar-refractivity contribution < 1.29 is 9.59 Å². The first-order valence-electron chi connectivity index (χ1n) is 18.3. The monoisotopic (exact) mass is 834 g/mol. The van der Waals surface area contributed by atoms with Gasteiger partial charge in [-0.05, 0) is 109 Å². The maximum absolute atomic E-state index is 13.2. The van der Waals surface area contributed by atoms with Crippen molar-refractivity contribution in [1.82, 2.24) is 9.97 Å². The Kier molecular flexibility index (Phi) is 12.6. The Morgan fingerprint density at radius 3 is 1.16 bits per heavy atom. The lowest BCUT2D eigenvalue weighted by Gasteiger charge is -2.14. The third kappa shape index (κ3) is 9.29. The minimum Gasteiger partial charge on any atom is -0.289 e. The summed E-state index contributed by atoms with van der Waals surface area (Å²) < 4.78 is 0. The van der Waals surface area contributed by atoms with Gasteiger partial charge in [0.15, 0.2) is 11.6 Å². The molecule has 8 heteroatoms. The van der Waals surface area contributed by atoms with Crippen LogP contribution in [0.1, 0.15) is 43.2 Å². The van der Waals surface area contributed by atoms with Crippen molar-refractivity contribution in [2.45, 2.75) is 13.8 Å². The number of carbonyl (C=O) groups excluding carboxylic acids is 2. The summed E-state index contributed by atoms with van der Waals surface area (Å²) in [6.07, 6.45) is 6.73. The molecule has 0 N–H and O–H groups in total. The van der Waals surface area contributed by atoms with Gasteiger partial charge in [-0.15, -0.1) is 0 Å². The summed E-state index contributed by atoms with van der Waals surface area (Å²) >= 11 is 24.4. The van der Waals surface area contributed by atoms with Crippen molar-refractivity contribution in [2.75, 3.05) is 0 Å². The molecular weight excluding hydrogens is 802 g/mol. The second kappa shape index (κ2) is 18.1. The number of rotatable bonds is 8. The Labute approximate surface area is 357 Å². The Hall–Kier alpha value is -5.88. The number of hydrogen-bond acceptors (Lipinski definition) is 4. The van der Waals surface area contributed by atoms with E-state index in [9.17, 15) is 9.59 Å². The fourth-order valence-corrected chi connectivity index (χ4v) is 7.38. The quantitative estimate of drug-likeness (QED) is 0.113. The number of fused-ring (bicyclic) bond motifs is 2. The van der Waals surface area contributed by atoms with Crippen LogP contribution in [0.15, 0.2) is 158 Å². The number of pyridine rings is 2. The van der Waals surface area contributed by atoms with Crippen molar-refractivity contribution in [1.29, 1.82) is 0 Å². The average molecular weight is 837 g/mol. The van der Waals surface area contributed by atoms with E-state index in [1.54, 1.807) is 48.6 Å². The molecule has 0 fully saturated rings. The number of nitrogens with zero attached hydrogens (tertiary/aromatic N) is 2. The Bertz CT molecular complexity index is 2660. The molecule has 0 radical (unpaired) electrons. The van der Waals surface area contributed by atoms with Gasteiger partial charge in [0.05, 0.1) is 22.2 Å². The lowest BCUT2D eigenvalue weighted by atomic mass is 9.92. The number of aromatic nitrogens is 2. The molecule has 0 saturated heterocycles. The second-order valence-electron chi connectivity index (χ2n) is 13.4. The molecule has 8 aromatic rings. The van der Waals surface area contributed by atoms with Gasteiger partial charge < -0.3 is 0 Å². The van der Waals surface area contributed by atoms with E-state index in [1.165, 1.54) is 0 Å². The molecule has 0 aliphatic rings. The molecule has 0 atom stereocenters. The smallest absolute Gasteiger partial charge is 0.188 e. The van der Waals surface area contributed by atoms with E-state index >= 15 is 0 Å². The number of benzene rings is 6. The third-order valence-electron chi connectivity index (χ3n) is 9.47. The molecule has 2 heterocycles. The molecule has 0 amide bonds. The van der Waals surface area contributed by atoms with Crippen molar-refractivity contribution in [3.63, 3.8) is 0 Å². The van der Waals surface area contributed by atoms with Gasteiger partial charge in [0.25, 0.3) is 0 Å². The zero-order valence-electron chi connectivity index (χ0n) is 31.4. The van der Waals surface area contributed by atoms with E-state index < -0.39 is 0 Å². The standard InChI is InChI=1S/2C25H17Cl2NO/c2*1-16-24(23(29)14-9-17-7-10-19(26)11-8-17)25(18-5-3-2-4-6-18)21-15-20(27)12-13-22(21)28-16/h2*2-15H,1H3/b2*14-9+. The summed E-state index contributed by atoms with van der Waals surface area (Å²) in [6.45, 7) is 3.73. The van der Waals surface area contributed by atoms with Gasteiger partial charge in [0.1, 0.15) is 0 Å². The second-order valence-corrected chi connectivity index (χ2v) is 15.2. The zero-order chi connectivity index (χ0) is 40.8. The van der Waals surface area contributed by atoms with Crippen LogP contribution in [-0.2, 0) is 0 Å². The van der Waals surface area contributed by atoms with Gasteiger partial charge in [-0.1, -0.05) is 143 Å². The highest BCUT2D eigenvalue weighted by Crippen LogP contribution is 2.36. The lowest BCUT2D eigenvalue weighted by molar-refractivity contribution is 0.103. The molecule has 0 saturated carbocycles. The van der Waals surface area contributed by atoms with Gasteiger partial charge in [0.2, 0.25) is 0 Å². The maximum Gasteiger partial charge on any atom is 0.188 e. The molecule has 0 bridgehead atoms. The average Bonchev–Trinajstić information content (AvgIpc) is 3.23. The van der Waals surface area contributed by atoms with Crippen LogP contribution < -0.4 is 0 Å². The van der Waals surface area contributed by atoms with Gasteiger partial charge in [-0.2, -0.15) is 0 Å². The van der Waals surface area contributed by atoms with Crippen molar-refractivity contribution in [2.24, 2.45) is 0 Å². The highest BCUT2D eigenvalue weighted by atomic mass is 35.5. The van der Waals surface area contributed by atoms with E-state index in [1.807, 2.05) is 135 Å². The molecule has 4 nitrogen and oxygen atoms in total. The molecule has 0 spiro atoms. The molecule has 58 heavy (non-hydrogen) atoms. The Morgan fingerprint density at radius 1 is 0.448 bits per heavy atom. The van der Waals surface area contributed by atoms with E-state index in [2.05, 4.69) is 9.97 Å². The van der Waals surface area contributed by atoms with Crippen molar-refractivity contribution in [3.05, 3.63) is 211 Å². The lowest BCUT2D eigenvalue weighted by Crippen LogP contribution is -2.05. The first kappa shape index (κ1) is 40.3. The summed E-state index contributed by atoms with van der Waals surface area (Å²) in [6, 6.07) is 45.5. The molecule has 6 aromatic carbocycles. The third-order valence-corrected chi connectivity index (χ3v) is 10.4.